The Labute approximate surface area is 152 Å². The average Bonchev–Trinajstić information content (AvgIpc) is 2.62. The predicted octanol–water partition coefficient (Wildman–Crippen LogP) is 3.95. The Hall–Kier alpha value is -1.59. The highest BCUT2D eigenvalue weighted by Gasteiger charge is 2.21. The van der Waals surface area contributed by atoms with Crippen LogP contribution in [0.15, 0.2) is 54.1 Å². The third-order valence-electron chi connectivity index (χ3n) is 4.80. The van der Waals surface area contributed by atoms with Crippen molar-refractivity contribution in [3.63, 3.8) is 0 Å². The first kappa shape index (κ1) is 19.7. The lowest BCUT2D eigenvalue weighted by molar-refractivity contribution is 0.209. The summed E-state index contributed by atoms with van der Waals surface area (Å²) in [6.07, 6.45) is 11.6. The van der Waals surface area contributed by atoms with Gasteiger partial charge in [0.2, 0.25) is 0 Å². The molecule has 0 N–H and O–H groups in total. The summed E-state index contributed by atoms with van der Waals surface area (Å²) in [5.74, 6) is 0. The molecule has 2 rings (SSSR count). The summed E-state index contributed by atoms with van der Waals surface area (Å²) in [6, 6.07) is 7.56. The Morgan fingerprint density at radius 2 is 1.76 bits per heavy atom. The van der Waals surface area contributed by atoms with E-state index in [2.05, 4.69) is 18.5 Å². The van der Waals surface area contributed by atoms with E-state index in [9.17, 15) is 8.42 Å². The summed E-state index contributed by atoms with van der Waals surface area (Å²) in [7, 11) is -1.43. The van der Waals surface area contributed by atoms with Crippen molar-refractivity contribution in [1.82, 2.24) is 9.21 Å². The number of likely N-dealkylation sites (N-methyl/N-ethyl adjacent to an activating group) is 1. The molecule has 0 bridgehead atoms. The maximum Gasteiger partial charge on any atom is 0.264 e. The molecule has 138 valence electrons. The summed E-state index contributed by atoms with van der Waals surface area (Å²) < 4.78 is 27.0. The van der Waals surface area contributed by atoms with Crippen LogP contribution in [-0.2, 0) is 10.0 Å². The number of aryl methyl sites for hydroxylation is 1. The largest absolute Gasteiger partial charge is 0.300 e. The third-order valence-corrected chi connectivity index (χ3v) is 6.56. The van der Waals surface area contributed by atoms with Gasteiger partial charge in [-0.3, -0.25) is 9.21 Å². The maximum absolute atomic E-state index is 12.8. The number of sulfonamides is 1. The van der Waals surface area contributed by atoms with Gasteiger partial charge in [0.15, 0.2) is 0 Å². The molecular formula is C20H30N2O2S. The van der Waals surface area contributed by atoms with Gasteiger partial charge < -0.3 is 0 Å². The van der Waals surface area contributed by atoms with Crippen LogP contribution < -0.4 is 0 Å². The number of rotatable bonds is 8. The van der Waals surface area contributed by atoms with Crippen LogP contribution in [0.25, 0.3) is 0 Å². The van der Waals surface area contributed by atoms with Crippen LogP contribution >= 0.6 is 0 Å². The van der Waals surface area contributed by atoms with Crippen LogP contribution in [0, 0.1) is 6.92 Å². The van der Waals surface area contributed by atoms with Crippen LogP contribution in [0.1, 0.15) is 37.7 Å². The summed E-state index contributed by atoms with van der Waals surface area (Å²) in [5.41, 5.74) is 1.04. The standard InChI is InChI=1S/C20H30N2O2S/c1-4-15-22(25(23,24)20-13-11-18(2)12-14-20)17-8-16-21(3)19-9-6-5-7-10-19/h4,8,11-14,17,19H,1,5-7,9-10,15-16H2,2-3H3/b17-8+. The molecule has 5 heteroatoms. The first-order chi connectivity index (χ1) is 11.9. The fraction of sp³-hybridized carbons (Fsp3) is 0.500. The monoisotopic (exact) mass is 362 g/mol. The summed E-state index contributed by atoms with van der Waals surface area (Å²) >= 11 is 0. The SMILES string of the molecule is C=CCN(/C=C/CN(C)C1CCCCC1)S(=O)(=O)c1ccc(C)cc1. The van der Waals surface area contributed by atoms with Gasteiger partial charge in [0.1, 0.15) is 0 Å². The van der Waals surface area contributed by atoms with Crippen molar-refractivity contribution in [3.05, 3.63) is 54.8 Å². The quantitative estimate of drug-likeness (QED) is 0.658. The molecule has 0 spiro atoms. The van der Waals surface area contributed by atoms with E-state index in [0.717, 1.165) is 12.1 Å². The third kappa shape index (κ3) is 5.44. The van der Waals surface area contributed by atoms with Gasteiger partial charge in [-0.05, 0) is 38.9 Å². The van der Waals surface area contributed by atoms with Crippen LogP contribution in [-0.4, -0.2) is 43.8 Å². The number of benzene rings is 1. The summed E-state index contributed by atoms with van der Waals surface area (Å²) in [4.78, 5) is 2.63. The Kier molecular flexibility index (Phi) is 7.26. The molecule has 0 radical (unpaired) electrons. The van der Waals surface area contributed by atoms with Crippen molar-refractivity contribution < 1.29 is 8.42 Å². The molecule has 4 nitrogen and oxygen atoms in total. The zero-order valence-electron chi connectivity index (χ0n) is 15.4. The molecule has 1 aliphatic rings. The van der Waals surface area contributed by atoms with E-state index < -0.39 is 10.0 Å². The van der Waals surface area contributed by atoms with E-state index in [-0.39, 0.29) is 6.54 Å². The van der Waals surface area contributed by atoms with Crippen LogP contribution in [0.3, 0.4) is 0 Å². The number of hydrogen-bond donors (Lipinski definition) is 0. The minimum atomic E-state index is -3.55. The van der Waals surface area contributed by atoms with E-state index in [4.69, 9.17) is 0 Å². The molecule has 0 atom stereocenters. The highest BCUT2D eigenvalue weighted by Crippen LogP contribution is 2.21. The minimum absolute atomic E-state index is 0.264. The summed E-state index contributed by atoms with van der Waals surface area (Å²) in [5, 5.41) is 0. The van der Waals surface area contributed by atoms with E-state index in [1.165, 1.54) is 36.4 Å². The summed E-state index contributed by atoms with van der Waals surface area (Å²) in [6.45, 7) is 6.65. The van der Waals surface area contributed by atoms with Crippen LogP contribution in [0.5, 0.6) is 0 Å². The van der Waals surface area contributed by atoms with Gasteiger partial charge in [-0.25, -0.2) is 8.42 Å². The Bertz CT molecular complexity index is 674. The topological polar surface area (TPSA) is 40.6 Å². The second-order valence-corrected chi connectivity index (χ2v) is 8.68. The Morgan fingerprint density at radius 1 is 1.12 bits per heavy atom. The van der Waals surface area contributed by atoms with E-state index >= 15 is 0 Å². The molecule has 1 fully saturated rings. The van der Waals surface area contributed by atoms with Gasteiger partial charge in [0.25, 0.3) is 10.0 Å². The lowest BCUT2D eigenvalue weighted by atomic mass is 9.94. The second-order valence-electron chi connectivity index (χ2n) is 6.79. The Balaban J connectivity index is 2.06. The predicted molar refractivity (Wildman–Crippen MR) is 104 cm³/mol. The van der Waals surface area contributed by atoms with Gasteiger partial charge in [-0.15, -0.1) is 6.58 Å². The van der Waals surface area contributed by atoms with Gasteiger partial charge in [0.05, 0.1) is 11.4 Å². The first-order valence-corrected chi connectivity index (χ1v) is 10.5. The molecular weight excluding hydrogens is 332 g/mol. The van der Waals surface area contributed by atoms with Crippen molar-refractivity contribution in [3.8, 4) is 0 Å². The number of hydrogen-bond acceptors (Lipinski definition) is 3. The highest BCUT2D eigenvalue weighted by atomic mass is 32.2. The fourth-order valence-corrected chi connectivity index (χ4v) is 4.51. The Morgan fingerprint density at radius 3 is 2.36 bits per heavy atom. The van der Waals surface area contributed by atoms with Crippen LogP contribution in [0.2, 0.25) is 0 Å². The van der Waals surface area contributed by atoms with Crippen LogP contribution in [0.4, 0.5) is 0 Å². The minimum Gasteiger partial charge on any atom is -0.300 e. The lowest BCUT2D eigenvalue weighted by Gasteiger charge is -2.30. The maximum atomic E-state index is 12.8. The normalized spacial score (nSPS) is 16.4. The van der Waals surface area contributed by atoms with Crippen molar-refractivity contribution in [2.24, 2.45) is 0 Å². The van der Waals surface area contributed by atoms with Gasteiger partial charge >= 0.3 is 0 Å². The molecule has 1 aliphatic carbocycles. The molecule has 1 saturated carbocycles. The fourth-order valence-electron chi connectivity index (χ4n) is 3.21. The second kappa shape index (κ2) is 9.20. The van der Waals surface area contributed by atoms with Crippen molar-refractivity contribution in [2.75, 3.05) is 20.1 Å². The zero-order chi connectivity index (χ0) is 18.3. The molecule has 0 heterocycles. The molecule has 0 aliphatic heterocycles. The average molecular weight is 363 g/mol. The molecule has 25 heavy (non-hydrogen) atoms. The van der Waals surface area contributed by atoms with E-state index in [1.54, 1.807) is 24.4 Å². The zero-order valence-corrected chi connectivity index (χ0v) is 16.2. The molecule has 1 aromatic carbocycles. The first-order valence-electron chi connectivity index (χ1n) is 9.01. The van der Waals surface area contributed by atoms with Crippen molar-refractivity contribution >= 4 is 10.0 Å². The van der Waals surface area contributed by atoms with E-state index in [0.29, 0.717) is 10.9 Å². The van der Waals surface area contributed by atoms with E-state index in [1.807, 2.05) is 25.1 Å². The smallest absolute Gasteiger partial charge is 0.264 e. The molecule has 0 unspecified atom stereocenters. The molecule has 0 saturated heterocycles. The van der Waals surface area contributed by atoms with Crippen molar-refractivity contribution in [2.45, 2.75) is 50.0 Å². The lowest BCUT2D eigenvalue weighted by Crippen LogP contribution is -2.34. The molecule has 0 amide bonds. The van der Waals surface area contributed by atoms with Gasteiger partial charge in [-0.2, -0.15) is 0 Å². The molecule has 1 aromatic rings. The van der Waals surface area contributed by atoms with Gasteiger partial charge in [0, 0.05) is 18.8 Å². The molecule has 0 aromatic heterocycles. The van der Waals surface area contributed by atoms with Crippen molar-refractivity contribution in [1.29, 1.82) is 0 Å². The number of nitrogens with zero attached hydrogens (tertiary/aromatic N) is 2. The highest BCUT2D eigenvalue weighted by molar-refractivity contribution is 7.89. The van der Waals surface area contributed by atoms with Gasteiger partial charge in [-0.1, -0.05) is 49.1 Å².